The predicted octanol–water partition coefficient (Wildman–Crippen LogP) is 2.87. The summed E-state index contributed by atoms with van der Waals surface area (Å²) in [6.45, 7) is 5.96. The Balaban J connectivity index is 2.10. The molecule has 0 saturated heterocycles. The molecular weight excluding hydrogens is 278 g/mol. The fourth-order valence-electron chi connectivity index (χ4n) is 2.51. The minimum atomic E-state index is -0.0839. The van der Waals surface area contributed by atoms with E-state index >= 15 is 0 Å². The quantitative estimate of drug-likeness (QED) is 0.745. The lowest BCUT2D eigenvalue weighted by Crippen LogP contribution is -2.25. The lowest BCUT2D eigenvalue weighted by molar-refractivity contribution is 0.393. The molecule has 0 unspecified atom stereocenters. The van der Waals surface area contributed by atoms with E-state index < -0.39 is 0 Å². The SMILES string of the molecule is Cc1noc(C)c1-c1cc(C)c(=O)n(Cc2ccccc2)n1. The number of hydrogen-bond donors (Lipinski definition) is 0. The van der Waals surface area contributed by atoms with E-state index in [1.807, 2.05) is 44.2 Å². The van der Waals surface area contributed by atoms with Gasteiger partial charge < -0.3 is 4.52 Å². The smallest absolute Gasteiger partial charge is 0.270 e. The number of hydrogen-bond acceptors (Lipinski definition) is 4. The fourth-order valence-corrected chi connectivity index (χ4v) is 2.51. The van der Waals surface area contributed by atoms with Crippen LogP contribution in [0.2, 0.25) is 0 Å². The Labute approximate surface area is 128 Å². The van der Waals surface area contributed by atoms with Crippen LogP contribution in [0.5, 0.6) is 0 Å². The van der Waals surface area contributed by atoms with E-state index in [4.69, 9.17) is 4.52 Å². The monoisotopic (exact) mass is 295 g/mol. The summed E-state index contributed by atoms with van der Waals surface area (Å²) in [5.74, 6) is 0.703. The van der Waals surface area contributed by atoms with Gasteiger partial charge in [0.25, 0.3) is 5.56 Å². The molecule has 0 aliphatic rings. The molecule has 22 heavy (non-hydrogen) atoms. The molecule has 0 N–H and O–H groups in total. The summed E-state index contributed by atoms with van der Waals surface area (Å²) in [7, 11) is 0. The summed E-state index contributed by atoms with van der Waals surface area (Å²) in [6, 6.07) is 11.6. The molecule has 0 bridgehead atoms. The van der Waals surface area contributed by atoms with Crippen molar-refractivity contribution in [2.24, 2.45) is 0 Å². The maximum Gasteiger partial charge on any atom is 0.270 e. The maximum absolute atomic E-state index is 12.3. The van der Waals surface area contributed by atoms with Gasteiger partial charge in [0.05, 0.1) is 23.5 Å². The lowest BCUT2D eigenvalue weighted by atomic mass is 10.1. The average Bonchev–Trinajstić information content (AvgIpc) is 2.84. The van der Waals surface area contributed by atoms with Crippen LogP contribution in [-0.2, 0) is 6.54 Å². The summed E-state index contributed by atoms with van der Waals surface area (Å²) in [4.78, 5) is 12.3. The van der Waals surface area contributed by atoms with Crippen LogP contribution in [0, 0.1) is 20.8 Å². The van der Waals surface area contributed by atoms with Gasteiger partial charge in [-0.2, -0.15) is 5.10 Å². The van der Waals surface area contributed by atoms with Crippen molar-refractivity contribution in [1.29, 1.82) is 0 Å². The van der Waals surface area contributed by atoms with Crippen molar-refractivity contribution in [3.63, 3.8) is 0 Å². The van der Waals surface area contributed by atoms with Gasteiger partial charge in [0.2, 0.25) is 0 Å². The van der Waals surface area contributed by atoms with Crippen LogP contribution in [0.3, 0.4) is 0 Å². The first-order valence-corrected chi connectivity index (χ1v) is 7.12. The Bertz CT molecular complexity index is 844. The summed E-state index contributed by atoms with van der Waals surface area (Å²) in [5.41, 5.74) is 3.94. The zero-order chi connectivity index (χ0) is 15.7. The van der Waals surface area contributed by atoms with E-state index in [1.54, 1.807) is 13.0 Å². The van der Waals surface area contributed by atoms with Gasteiger partial charge in [0, 0.05) is 5.56 Å². The van der Waals surface area contributed by atoms with Crippen molar-refractivity contribution >= 4 is 0 Å². The highest BCUT2D eigenvalue weighted by Gasteiger charge is 2.15. The van der Waals surface area contributed by atoms with Gasteiger partial charge in [0.15, 0.2) is 0 Å². The molecule has 1 aromatic carbocycles. The summed E-state index contributed by atoms with van der Waals surface area (Å²) in [5, 5.41) is 8.45. The minimum Gasteiger partial charge on any atom is -0.361 e. The number of aromatic nitrogens is 3. The second-order valence-corrected chi connectivity index (χ2v) is 5.36. The first-order valence-electron chi connectivity index (χ1n) is 7.12. The third-order valence-electron chi connectivity index (χ3n) is 3.62. The molecule has 112 valence electrons. The topological polar surface area (TPSA) is 60.9 Å². The molecule has 2 heterocycles. The molecular formula is C17H17N3O2. The van der Waals surface area contributed by atoms with Crippen molar-refractivity contribution in [3.8, 4) is 11.3 Å². The molecule has 0 aliphatic carbocycles. The highest BCUT2D eigenvalue weighted by atomic mass is 16.5. The van der Waals surface area contributed by atoms with Crippen molar-refractivity contribution in [1.82, 2.24) is 14.9 Å². The second-order valence-electron chi connectivity index (χ2n) is 5.36. The lowest BCUT2D eigenvalue weighted by Gasteiger charge is -2.09. The molecule has 0 aliphatic heterocycles. The first kappa shape index (κ1) is 14.3. The Morgan fingerprint density at radius 1 is 1.14 bits per heavy atom. The summed E-state index contributed by atoms with van der Waals surface area (Å²) >= 11 is 0. The zero-order valence-corrected chi connectivity index (χ0v) is 12.8. The molecule has 0 radical (unpaired) electrons. The van der Waals surface area contributed by atoms with Crippen molar-refractivity contribution < 1.29 is 4.52 Å². The van der Waals surface area contributed by atoms with Gasteiger partial charge in [-0.1, -0.05) is 35.5 Å². The van der Waals surface area contributed by atoms with Gasteiger partial charge in [0.1, 0.15) is 5.76 Å². The Hall–Kier alpha value is -2.69. The second kappa shape index (κ2) is 5.60. The number of nitrogens with zero attached hydrogens (tertiary/aromatic N) is 3. The molecule has 0 fully saturated rings. The molecule has 3 rings (SSSR count). The molecule has 3 aromatic rings. The van der Waals surface area contributed by atoms with E-state index in [1.165, 1.54) is 4.68 Å². The van der Waals surface area contributed by atoms with Crippen molar-refractivity contribution in [3.05, 3.63) is 69.3 Å². The zero-order valence-electron chi connectivity index (χ0n) is 12.8. The van der Waals surface area contributed by atoms with Gasteiger partial charge in [-0.05, 0) is 32.4 Å². The van der Waals surface area contributed by atoms with Gasteiger partial charge in [-0.25, -0.2) is 4.68 Å². The van der Waals surface area contributed by atoms with E-state index in [-0.39, 0.29) is 5.56 Å². The third kappa shape index (κ3) is 2.57. The molecule has 0 amide bonds. The van der Waals surface area contributed by atoms with Crippen molar-refractivity contribution in [2.45, 2.75) is 27.3 Å². The van der Waals surface area contributed by atoms with Crippen LogP contribution in [0.1, 0.15) is 22.6 Å². The van der Waals surface area contributed by atoms with Crippen LogP contribution >= 0.6 is 0 Å². The molecule has 2 aromatic heterocycles. The highest BCUT2D eigenvalue weighted by Crippen LogP contribution is 2.24. The van der Waals surface area contributed by atoms with E-state index in [2.05, 4.69) is 10.3 Å². The molecule has 5 nitrogen and oxygen atoms in total. The van der Waals surface area contributed by atoms with Gasteiger partial charge in [-0.15, -0.1) is 0 Å². The molecule has 0 saturated carbocycles. The number of benzene rings is 1. The largest absolute Gasteiger partial charge is 0.361 e. The van der Waals surface area contributed by atoms with E-state index in [0.29, 0.717) is 23.6 Å². The average molecular weight is 295 g/mol. The highest BCUT2D eigenvalue weighted by molar-refractivity contribution is 5.63. The van der Waals surface area contributed by atoms with Crippen LogP contribution in [0.4, 0.5) is 0 Å². The third-order valence-corrected chi connectivity index (χ3v) is 3.62. The predicted molar refractivity (Wildman–Crippen MR) is 83.7 cm³/mol. The maximum atomic E-state index is 12.3. The van der Waals surface area contributed by atoms with Crippen LogP contribution < -0.4 is 5.56 Å². The van der Waals surface area contributed by atoms with E-state index in [9.17, 15) is 4.79 Å². The van der Waals surface area contributed by atoms with E-state index in [0.717, 1.165) is 16.8 Å². The van der Waals surface area contributed by atoms with Crippen LogP contribution in [0.15, 0.2) is 45.7 Å². The molecule has 0 spiro atoms. The van der Waals surface area contributed by atoms with Gasteiger partial charge >= 0.3 is 0 Å². The Morgan fingerprint density at radius 3 is 2.50 bits per heavy atom. The molecule has 5 heteroatoms. The first-order chi connectivity index (χ1) is 10.6. The van der Waals surface area contributed by atoms with Gasteiger partial charge in [-0.3, -0.25) is 4.79 Å². The minimum absolute atomic E-state index is 0.0839. The van der Waals surface area contributed by atoms with Crippen LogP contribution in [0.25, 0.3) is 11.3 Å². The normalized spacial score (nSPS) is 10.9. The Kier molecular flexibility index (Phi) is 3.63. The Morgan fingerprint density at radius 2 is 1.86 bits per heavy atom. The summed E-state index contributed by atoms with van der Waals surface area (Å²) in [6.07, 6.45) is 0. The standard InChI is InChI=1S/C17H17N3O2/c1-11-9-15(16-12(2)19-22-13(16)3)18-20(17(11)21)10-14-7-5-4-6-8-14/h4-9H,10H2,1-3H3. The van der Waals surface area contributed by atoms with Crippen LogP contribution in [-0.4, -0.2) is 14.9 Å². The number of aryl methyl sites for hydroxylation is 3. The summed E-state index contributed by atoms with van der Waals surface area (Å²) < 4.78 is 6.69. The molecule has 0 atom stereocenters. The number of rotatable bonds is 3. The fraction of sp³-hybridized carbons (Fsp3) is 0.235. The van der Waals surface area contributed by atoms with Crippen molar-refractivity contribution in [2.75, 3.05) is 0 Å².